The van der Waals surface area contributed by atoms with Gasteiger partial charge in [0.1, 0.15) is 0 Å². The Labute approximate surface area is 354 Å². The molecule has 2 atom stereocenters. The second-order valence-corrected chi connectivity index (χ2v) is 17.1. The van der Waals surface area contributed by atoms with E-state index in [1.54, 1.807) is 0 Å². The van der Waals surface area contributed by atoms with Crippen molar-refractivity contribution in [2.24, 2.45) is 0 Å². The highest BCUT2D eigenvalue weighted by atomic mass is 15.0. The molecule has 282 valence electrons. The van der Waals surface area contributed by atoms with Gasteiger partial charge >= 0.3 is 0 Å². The Bertz CT molecular complexity index is 3660. The smallest absolute Gasteiger partial charge is 0.0720 e. The molecule has 3 aliphatic rings. The van der Waals surface area contributed by atoms with Gasteiger partial charge in [0.25, 0.3) is 0 Å². The van der Waals surface area contributed by atoms with Crippen LogP contribution in [0.25, 0.3) is 71.6 Å². The van der Waals surface area contributed by atoms with Crippen LogP contribution in [0.3, 0.4) is 0 Å². The maximum absolute atomic E-state index is 2.45. The first-order valence-electron chi connectivity index (χ1n) is 21.4. The van der Waals surface area contributed by atoms with Crippen molar-refractivity contribution in [2.75, 3.05) is 0 Å². The minimum atomic E-state index is -0.527. The highest BCUT2D eigenvalue weighted by molar-refractivity contribution is 6.11. The van der Waals surface area contributed by atoms with Crippen LogP contribution in [0.15, 0.2) is 224 Å². The summed E-state index contributed by atoms with van der Waals surface area (Å²) in [7, 11) is 0. The lowest BCUT2D eigenvalue weighted by molar-refractivity contribution is 0.636. The van der Waals surface area contributed by atoms with Crippen LogP contribution in [0.4, 0.5) is 0 Å². The average Bonchev–Trinajstić information content (AvgIpc) is 3.94. The van der Waals surface area contributed by atoms with E-state index in [0.717, 1.165) is 0 Å². The molecular weight excluding hydrogens is 735 g/mol. The Morgan fingerprint density at radius 1 is 0.311 bits per heavy atom. The Kier molecular flexibility index (Phi) is 6.48. The molecule has 0 saturated carbocycles. The van der Waals surface area contributed by atoms with Crippen LogP contribution in [0.1, 0.15) is 44.5 Å². The molecule has 61 heavy (non-hydrogen) atoms. The minimum Gasteiger partial charge on any atom is -0.309 e. The number of nitrogens with zero attached hydrogens (tertiary/aromatic N) is 1. The van der Waals surface area contributed by atoms with Gasteiger partial charge in [0.2, 0.25) is 0 Å². The van der Waals surface area contributed by atoms with E-state index >= 15 is 0 Å². The van der Waals surface area contributed by atoms with E-state index in [-0.39, 0.29) is 0 Å². The lowest BCUT2D eigenvalue weighted by Crippen LogP contribution is -2.43. The van der Waals surface area contributed by atoms with Crippen molar-refractivity contribution in [3.8, 4) is 39.1 Å². The second-order valence-electron chi connectivity index (χ2n) is 17.1. The standard InChI is InChI=1S/C60H37N/c1-2-18-41(19-3-1)59-49-25-9-6-20-44(49)46-24-15-30-54(58(46)59)60(52-28-12-11-27-51(52)59)50-26-10-7-22-47(50)57-43(23-14-29-53(57)60)40-33-35-56-48(37-40)45-21-8-13-31-55(45)61(56)42-34-32-38-16-4-5-17-39(38)36-42/h1-37H. The summed E-state index contributed by atoms with van der Waals surface area (Å²) < 4.78 is 2.44. The van der Waals surface area contributed by atoms with Gasteiger partial charge in [-0.3, -0.25) is 0 Å². The summed E-state index contributed by atoms with van der Waals surface area (Å²) in [6, 6.07) is 84.8. The minimum absolute atomic E-state index is 0.453. The highest BCUT2D eigenvalue weighted by Gasteiger charge is 2.59. The van der Waals surface area contributed by atoms with Crippen molar-refractivity contribution in [1.29, 1.82) is 0 Å². The first-order valence-corrected chi connectivity index (χ1v) is 21.4. The summed E-state index contributed by atoms with van der Waals surface area (Å²) in [6.45, 7) is 0. The van der Waals surface area contributed by atoms with E-state index in [0.29, 0.717) is 0 Å². The van der Waals surface area contributed by atoms with Crippen LogP contribution in [0.2, 0.25) is 0 Å². The van der Waals surface area contributed by atoms with Crippen molar-refractivity contribution in [3.63, 3.8) is 0 Å². The van der Waals surface area contributed by atoms with Gasteiger partial charge in [-0.25, -0.2) is 0 Å². The third-order valence-corrected chi connectivity index (χ3v) is 14.5. The fraction of sp³-hybridized carbons (Fsp3) is 0.0333. The highest BCUT2D eigenvalue weighted by Crippen LogP contribution is 2.69. The van der Waals surface area contributed by atoms with Crippen molar-refractivity contribution in [3.05, 3.63) is 269 Å². The quantitative estimate of drug-likeness (QED) is 0.169. The fourth-order valence-electron chi connectivity index (χ4n) is 12.3. The molecule has 1 heteroatoms. The topological polar surface area (TPSA) is 4.93 Å². The zero-order valence-electron chi connectivity index (χ0n) is 33.3. The Morgan fingerprint density at radius 2 is 0.902 bits per heavy atom. The Hall–Kier alpha value is -7.74. The van der Waals surface area contributed by atoms with Crippen LogP contribution in [0.5, 0.6) is 0 Å². The number of hydrogen-bond acceptors (Lipinski definition) is 0. The summed E-state index contributed by atoms with van der Waals surface area (Å²) in [5.41, 5.74) is 21.3. The summed E-state index contributed by atoms with van der Waals surface area (Å²) in [5, 5.41) is 5.01. The summed E-state index contributed by atoms with van der Waals surface area (Å²) in [4.78, 5) is 0. The molecule has 0 bridgehead atoms. The molecular formula is C60H37N. The number of fused-ring (bicyclic) bond motifs is 16. The van der Waals surface area contributed by atoms with E-state index in [4.69, 9.17) is 0 Å². The number of aromatic nitrogens is 1. The third kappa shape index (κ3) is 4.02. The van der Waals surface area contributed by atoms with Crippen molar-refractivity contribution >= 4 is 32.6 Å². The van der Waals surface area contributed by atoms with E-state index in [1.807, 2.05) is 0 Å². The van der Waals surface area contributed by atoms with Gasteiger partial charge in [-0.15, -0.1) is 0 Å². The average molecular weight is 772 g/mol. The molecule has 0 N–H and O–H groups in total. The first-order chi connectivity index (χ1) is 30.3. The number of rotatable bonds is 3. The number of hydrogen-bond donors (Lipinski definition) is 0. The van der Waals surface area contributed by atoms with E-state index in [9.17, 15) is 0 Å². The van der Waals surface area contributed by atoms with Crippen LogP contribution in [-0.2, 0) is 10.8 Å². The molecule has 1 spiro atoms. The molecule has 1 aromatic heterocycles. The predicted octanol–water partition coefficient (Wildman–Crippen LogP) is 14.6. The van der Waals surface area contributed by atoms with Crippen molar-refractivity contribution in [2.45, 2.75) is 10.8 Å². The molecule has 1 heterocycles. The molecule has 0 fully saturated rings. The molecule has 1 nitrogen and oxygen atoms in total. The normalized spacial score (nSPS) is 17.6. The maximum Gasteiger partial charge on any atom is 0.0720 e. The predicted molar refractivity (Wildman–Crippen MR) is 252 cm³/mol. The molecule has 0 saturated heterocycles. The molecule has 0 aliphatic heterocycles. The van der Waals surface area contributed by atoms with Gasteiger partial charge in [0.05, 0.1) is 21.9 Å². The summed E-state index contributed by atoms with van der Waals surface area (Å²) >= 11 is 0. The zero-order chi connectivity index (χ0) is 39.9. The molecule has 2 unspecified atom stereocenters. The van der Waals surface area contributed by atoms with Gasteiger partial charge in [-0.2, -0.15) is 0 Å². The van der Waals surface area contributed by atoms with E-state index in [2.05, 4.69) is 229 Å². The number of para-hydroxylation sites is 1. The summed E-state index contributed by atoms with van der Waals surface area (Å²) in [5.74, 6) is 0. The van der Waals surface area contributed by atoms with Crippen LogP contribution >= 0.6 is 0 Å². The first kappa shape index (κ1) is 33.1. The fourth-order valence-corrected chi connectivity index (χ4v) is 12.3. The Balaban J connectivity index is 1.06. The van der Waals surface area contributed by atoms with E-state index in [1.165, 1.54) is 116 Å². The van der Waals surface area contributed by atoms with Gasteiger partial charge in [-0.05, 0) is 119 Å². The summed E-state index contributed by atoms with van der Waals surface area (Å²) in [6.07, 6.45) is 0. The van der Waals surface area contributed by atoms with Crippen LogP contribution in [-0.4, -0.2) is 4.57 Å². The third-order valence-electron chi connectivity index (χ3n) is 14.5. The van der Waals surface area contributed by atoms with Crippen molar-refractivity contribution < 1.29 is 0 Å². The molecule has 11 aromatic rings. The lowest BCUT2D eigenvalue weighted by Gasteiger charge is -2.48. The monoisotopic (exact) mass is 771 g/mol. The van der Waals surface area contributed by atoms with Gasteiger partial charge in [0, 0.05) is 16.5 Å². The van der Waals surface area contributed by atoms with Gasteiger partial charge < -0.3 is 4.57 Å². The van der Waals surface area contributed by atoms with Crippen molar-refractivity contribution in [1.82, 2.24) is 4.57 Å². The van der Waals surface area contributed by atoms with Gasteiger partial charge in [-0.1, -0.05) is 194 Å². The van der Waals surface area contributed by atoms with Crippen LogP contribution < -0.4 is 0 Å². The molecule has 14 rings (SSSR count). The Morgan fingerprint density at radius 3 is 1.74 bits per heavy atom. The molecule has 0 amide bonds. The largest absolute Gasteiger partial charge is 0.309 e. The van der Waals surface area contributed by atoms with Gasteiger partial charge in [0.15, 0.2) is 0 Å². The molecule has 10 aromatic carbocycles. The maximum atomic E-state index is 2.45. The second kappa shape index (κ2) is 11.9. The van der Waals surface area contributed by atoms with E-state index < -0.39 is 10.8 Å². The number of benzene rings is 10. The van der Waals surface area contributed by atoms with Crippen LogP contribution in [0, 0.1) is 0 Å². The zero-order valence-corrected chi connectivity index (χ0v) is 33.3. The molecule has 3 aliphatic carbocycles. The molecule has 0 radical (unpaired) electrons. The lowest BCUT2D eigenvalue weighted by atomic mass is 9.52. The SMILES string of the molecule is c1ccc(C23c4ccccc4-c4cccc(c42)C2(c4ccccc4-c4c(-c5ccc6c(c5)c5ccccc5n6-c5ccc6ccccc6c5)cccc42)c2ccccc23)cc1.